The lowest BCUT2D eigenvalue weighted by Crippen LogP contribution is -2.33. The Morgan fingerprint density at radius 2 is 2.00 bits per heavy atom. The van der Waals surface area contributed by atoms with E-state index < -0.39 is 46.4 Å². The Balaban J connectivity index is 1.70. The fraction of sp³-hybridized carbons (Fsp3) is 0.375. The number of rotatable bonds is 5. The first kappa shape index (κ1) is 20.2. The molecule has 1 fully saturated rings. The van der Waals surface area contributed by atoms with Gasteiger partial charge in [0.15, 0.2) is 0 Å². The van der Waals surface area contributed by atoms with E-state index in [9.17, 15) is 23.1 Å². The summed E-state index contributed by atoms with van der Waals surface area (Å²) in [4.78, 5) is 25.5. The van der Waals surface area contributed by atoms with Crippen LogP contribution in [0.15, 0.2) is 44.9 Å². The molecule has 0 bridgehead atoms. The maximum absolute atomic E-state index is 12.2. The largest absolute Gasteiger partial charge is 0.390 e. The maximum Gasteiger partial charge on any atom is 0.330 e. The fourth-order valence-corrected chi connectivity index (χ4v) is 3.99. The van der Waals surface area contributed by atoms with Gasteiger partial charge in [-0.05, 0) is 41.6 Å². The van der Waals surface area contributed by atoms with Crippen molar-refractivity contribution >= 4 is 32.7 Å². The number of benzene rings is 1. The summed E-state index contributed by atoms with van der Waals surface area (Å²) in [7, 11) is -4.00. The third-order valence-electron chi connectivity index (χ3n) is 4.14. The zero-order valence-corrected chi connectivity index (χ0v) is 17.1. The average Bonchev–Trinajstić information content (AvgIpc) is 2.97. The molecule has 3 atom stereocenters. The molecule has 27 heavy (non-hydrogen) atoms. The predicted octanol–water partition coefficient (Wildman–Crippen LogP) is 0.504. The molecule has 0 spiro atoms. The lowest BCUT2D eigenvalue weighted by molar-refractivity contribution is -0.0400. The van der Waals surface area contributed by atoms with E-state index in [0.717, 1.165) is 10.1 Å². The number of aryl methyl sites for hydroxylation is 1. The molecular formula is C16H17IN2O7S. The van der Waals surface area contributed by atoms with E-state index in [-0.39, 0.29) is 14.9 Å². The molecule has 1 saturated heterocycles. The van der Waals surface area contributed by atoms with Crippen molar-refractivity contribution < 1.29 is 22.4 Å². The molecular weight excluding hydrogens is 491 g/mol. The first-order valence-electron chi connectivity index (χ1n) is 7.98. The minimum Gasteiger partial charge on any atom is -0.390 e. The van der Waals surface area contributed by atoms with Gasteiger partial charge in [0.25, 0.3) is 15.7 Å². The van der Waals surface area contributed by atoms with Crippen LogP contribution in [-0.4, -0.2) is 41.9 Å². The summed E-state index contributed by atoms with van der Waals surface area (Å²) >= 11 is 1.77. The number of hydrogen-bond donors (Lipinski definition) is 2. The summed E-state index contributed by atoms with van der Waals surface area (Å²) < 4.78 is 36.5. The molecule has 1 aliphatic heterocycles. The molecule has 2 heterocycles. The molecule has 2 aromatic rings. The van der Waals surface area contributed by atoms with Crippen LogP contribution in [0, 0.1) is 10.5 Å². The normalized spacial score (nSPS) is 22.9. The van der Waals surface area contributed by atoms with Gasteiger partial charge in [-0.25, -0.2) is 4.79 Å². The van der Waals surface area contributed by atoms with Gasteiger partial charge in [0.2, 0.25) is 0 Å². The number of nitrogens with zero attached hydrogens (tertiary/aromatic N) is 1. The summed E-state index contributed by atoms with van der Waals surface area (Å²) in [6.07, 6.45) is -1.42. The van der Waals surface area contributed by atoms with Crippen molar-refractivity contribution in [2.45, 2.75) is 36.7 Å². The highest BCUT2D eigenvalue weighted by molar-refractivity contribution is 14.1. The van der Waals surface area contributed by atoms with E-state index in [2.05, 4.69) is 4.98 Å². The SMILES string of the molecule is Cc1ccc(S(=O)(=O)OC[C@H]2O[C@@H](n3cc(I)c(=O)[nH]c3=O)C[C@@H]2O)cc1. The molecule has 1 aromatic carbocycles. The van der Waals surface area contributed by atoms with Gasteiger partial charge < -0.3 is 9.84 Å². The molecule has 0 aliphatic carbocycles. The monoisotopic (exact) mass is 508 g/mol. The van der Waals surface area contributed by atoms with Crippen molar-refractivity contribution in [1.82, 2.24) is 9.55 Å². The number of halogens is 1. The van der Waals surface area contributed by atoms with Crippen molar-refractivity contribution in [3.05, 3.63) is 60.4 Å². The zero-order valence-electron chi connectivity index (χ0n) is 14.2. The van der Waals surface area contributed by atoms with Crippen molar-refractivity contribution in [2.75, 3.05) is 6.61 Å². The molecule has 0 radical (unpaired) electrons. The van der Waals surface area contributed by atoms with Gasteiger partial charge in [0.1, 0.15) is 12.3 Å². The topological polar surface area (TPSA) is 128 Å². The van der Waals surface area contributed by atoms with E-state index in [1.54, 1.807) is 34.7 Å². The first-order chi connectivity index (χ1) is 12.7. The van der Waals surface area contributed by atoms with Crippen LogP contribution >= 0.6 is 22.6 Å². The van der Waals surface area contributed by atoms with Crippen LogP contribution in [0.2, 0.25) is 0 Å². The summed E-state index contributed by atoms with van der Waals surface area (Å²) in [5, 5.41) is 10.2. The van der Waals surface area contributed by atoms with E-state index in [0.29, 0.717) is 0 Å². The lowest BCUT2D eigenvalue weighted by atomic mass is 10.2. The third-order valence-corrected chi connectivity index (χ3v) is 6.20. The summed E-state index contributed by atoms with van der Waals surface area (Å²) in [5.41, 5.74) is -0.279. The first-order valence-corrected chi connectivity index (χ1v) is 10.5. The highest BCUT2D eigenvalue weighted by Gasteiger charge is 2.37. The van der Waals surface area contributed by atoms with E-state index >= 15 is 0 Å². The quantitative estimate of drug-likeness (QED) is 0.445. The molecule has 0 amide bonds. The van der Waals surface area contributed by atoms with Crippen molar-refractivity contribution in [3.8, 4) is 0 Å². The van der Waals surface area contributed by atoms with Crippen LogP contribution in [-0.2, 0) is 19.0 Å². The van der Waals surface area contributed by atoms with Crippen LogP contribution in [0.4, 0.5) is 0 Å². The maximum atomic E-state index is 12.2. The Labute approximate surface area is 168 Å². The molecule has 1 aliphatic rings. The molecule has 9 nitrogen and oxygen atoms in total. The smallest absolute Gasteiger partial charge is 0.330 e. The number of aromatic nitrogens is 2. The molecule has 0 saturated carbocycles. The highest BCUT2D eigenvalue weighted by atomic mass is 127. The predicted molar refractivity (Wildman–Crippen MR) is 103 cm³/mol. The van der Waals surface area contributed by atoms with Gasteiger partial charge in [-0.3, -0.25) is 18.5 Å². The summed E-state index contributed by atoms with van der Waals surface area (Å²) in [6.45, 7) is 1.43. The van der Waals surface area contributed by atoms with Gasteiger partial charge in [-0.15, -0.1) is 0 Å². The van der Waals surface area contributed by atoms with Gasteiger partial charge in [0.05, 0.1) is 21.2 Å². The molecule has 0 unspecified atom stereocenters. The second-order valence-corrected chi connectivity index (χ2v) is 8.91. The van der Waals surface area contributed by atoms with E-state index in [1.165, 1.54) is 18.3 Å². The molecule has 2 N–H and O–H groups in total. The average molecular weight is 508 g/mol. The minimum absolute atomic E-state index is 0.00328. The molecule has 11 heteroatoms. The Morgan fingerprint density at radius 3 is 2.67 bits per heavy atom. The van der Waals surface area contributed by atoms with Gasteiger partial charge in [0, 0.05) is 12.6 Å². The second-order valence-electron chi connectivity index (χ2n) is 6.13. The standard InChI is InChI=1S/C16H17IN2O7S/c1-9-2-4-10(5-3-9)27(23,24)25-8-13-12(20)6-14(26-13)19-7-11(17)15(21)18-16(19)22/h2-5,7,12-14,20H,6,8H2,1H3,(H,18,21,22)/t12-,13+,14+/m0/s1. The molecule has 1 aromatic heterocycles. The van der Waals surface area contributed by atoms with E-state index in [1.807, 2.05) is 6.92 Å². The van der Waals surface area contributed by atoms with Crippen molar-refractivity contribution in [1.29, 1.82) is 0 Å². The van der Waals surface area contributed by atoms with Gasteiger partial charge in [-0.2, -0.15) is 8.42 Å². The zero-order chi connectivity index (χ0) is 19.8. The Morgan fingerprint density at radius 1 is 1.33 bits per heavy atom. The third kappa shape index (κ3) is 4.48. The number of hydrogen-bond acceptors (Lipinski definition) is 7. The number of aliphatic hydroxyl groups is 1. The van der Waals surface area contributed by atoms with Crippen LogP contribution in [0.5, 0.6) is 0 Å². The number of aromatic amines is 1. The Hall–Kier alpha value is -1.54. The second kappa shape index (κ2) is 7.83. The minimum atomic E-state index is -4.00. The van der Waals surface area contributed by atoms with Gasteiger partial charge >= 0.3 is 5.69 Å². The van der Waals surface area contributed by atoms with Gasteiger partial charge in [-0.1, -0.05) is 17.7 Å². The molecule has 146 valence electrons. The number of ether oxygens (including phenoxy) is 1. The van der Waals surface area contributed by atoms with Crippen molar-refractivity contribution in [2.24, 2.45) is 0 Å². The lowest BCUT2D eigenvalue weighted by Gasteiger charge is -2.16. The summed E-state index contributed by atoms with van der Waals surface area (Å²) in [6, 6.07) is 6.16. The Kier molecular flexibility index (Phi) is 5.86. The number of H-pyrrole nitrogens is 1. The number of aliphatic hydroxyl groups excluding tert-OH is 1. The van der Waals surface area contributed by atoms with Crippen LogP contribution in [0.3, 0.4) is 0 Å². The summed E-state index contributed by atoms with van der Waals surface area (Å²) in [5.74, 6) is 0. The Bertz CT molecular complexity index is 1050. The fourth-order valence-electron chi connectivity index (χ4n) is 2.64. The van der Waals surface area contributed by atoms with Crippen LogP contribution in [0.25, 0.3) is 0 Å². The number of nitrogens with one attached hydrogen (secondary N) is 1. The van der Waals surface area contributed by atoms with Crippen molar-refractivity contribution in [3.63, 3.8) is 0 Å². The molecule has 3 rings (SSSR count). The van der Waals surface area contributed by atoms with E-state index in [4.69, 9.17) is 8.92 Å². The highest BCUT2D eigenvalue weighted by Crippen LogP contribution is 2.28. The van der Waals surface area contributed by atoms with Crippen LogP contribution in [0.1, 0.15) is 18.2 Å². The van der Waals surface area contributed by atoms with Crippen LogP contribution < -0.4 is 11.2 Å².